The SMILES string of the molecule is N[C@@H]1CCCN(CC(=O)NCc2ccccc2)C1. The zero-order valence-electron chi connectivity index (χ0n) is 10.6. The lowest BCUT2D eigenvalue weighted by atomic mass is 10.1. The van der Waals surface area contributed by atoms with Crippen LogP contribution in [0.4, 0.5) is 0 Å². The van der Waals surface area contributed by atoms with Gasteiger partial charge in [0.2, 0.25) is 5.91 Å². The van der Waals surface area contributed by atoms with Gasteiger partial charge < -0.3 is 11.1 Å². The molecule has 0 spiro atoms. The third kappa shape index (κ3) is 4.13. The Labute approximate surface area is 108 Å². The first-order chi connectivity index (χ1) is 8.74. The van der Waals surface area contributed by atoms with Crippen LogP contribution >= 0.6 is 0 Å². The molecule has 2 rings (SSSR count). The van der Waals surface area contributed by atoms with Crippen LogP contribution in [0.5, 0.6) is 0 Å². The number of rotatable bonds is 4. The maximum atomic E-state index is 11.8. The summed E-state index contributed by atoms with van der Waals surface area (Å²) in [5, 5.41) is 2.94. The van der Waals surface area contributed by atoms with E-state index in [0.29, 0.717) is 13.1 Å². The number of nitrogens with two attached hydrogens (primary N) is 1. The van der Waals surface area contributed by atoms with Gasteiger partial charge in [-0.2, -0.15) is 0 Å². The molecule has 1 aliphatic heterocycles. The molecule has 0 saturated carbocycles. The second kappa shape index (κ2) is 6.52. The normalized spacial score (nSPS) is 20.6. The fourth-order valence-corrected chi connectivity index (χ4v) is 2.29. The number of benzene rings is 1. The summed E-state index contributed by atoms with van der Waals surface area (Å²) in [7, 11) is 0. The smallest absolute Gasteiger partial charge is 0.234 e. The van der Waals surface area contributed by atoms with Crippen LogP contribution in [-0.2, 0) is 11.3 Å². The molecule has 1 fully saturated rings. The maximum absolute atomic E-state index is 11.8. The minimum atomic E-state index is 0.0768. The Balaban J connectivity index is 1.72. The van der Waals surface area contributed by atoms with Gasteiger partial charge in [0.1, 0.15) is 0 Å². The summed E-state index contributed by atoms with van der Waals surface area (Å²) in [5.41, 5.74) is 7.02. The third-order valence-corrected chi connectivity index (χ3v) is 3.24. The van der Waals surface area contributed by atoms with Crippen molar-refractivity contribution in [3.63, 3.8) is 0 Å². The Hall–Kier alpha value is -1.39. The monoisotopic (exact) mass is 247 g/mol. The minimum absolute atomic E-state index is 0.0768. The topological polar surface area (TPSA) is 58.4 Å². The Bertz CT molecular complexity index is 380. The van der Waals surface area contributed by atoms with Crippen molar-refractivity contribution in [2.75, 3.05) is 19.6 Å². The van der Waals surface area contributed by atoms with Crippen molar-refractivity contribution in [3.8, 4) is 0 Å². The summed E-state index contributed by atoms with van der Waals surface area (Å²) >= 11 is 0. The third-order valence-electron chi connectivity index (χ3n) is 3.24. The van der Waals surface area contributed by atoms with Crippen LogP contribution in [0.15, 0.2) is 30.3 Å². The molecule has 3 N–H and O–H groups in total. The quantitative estimate of drug-likeness (QED) is 0.824. The van der Waals surface area contributed by atoms with E-state index in [1.54, 1.807) is 0 Å². The predicted octanol–water partition coefficient (Wildman–Crippen LogP) is 0.726. The number of hydrogen-bond donors (Lipinski definition) is 2. The first-order valence-corrected chi connectivity index (χ1v) is 6.52. The van der Waals surface area contributed by atoms with Gasteiger partial charge in [-0.1, -0.05) is 30.3 Å². The summed E-state index contributed by atoms with van der Waals surface area (Å²) in [6.45, 7) is 2.87. The molecule has 18 heavy (non-hydrogen) atoms. The summed E-state index contributed by atoms with van der Waals surface area (Å²) < 4.78 is 0. The van der Waals surface area contributed by atoms with Gasteiger partial charge in [-0.25, -0.2) is 0 Å². The Morgan fingerprint density at radius 1 is 1.39 bits per heavy atom. The molecule has 0 aliphatic carbocycles. The molecular weight excluding hydrogens is 226 g/mol. The summed E-state index contributed by atoms with van der Waals surface area (Å²) in [6, 6.07) is 10.2. The predicted molar refractivity (Wildman–Crippen MR) is 71.9 cm³/mol. The molecule has 1 amide bonds. The Morgan fingerprint density at radius 3 is 2.89 bits per heavy atom. The summed E-state index contributed by atoms with van der Waals surface area (Å²) in [4.78, 5) is 13.9. The maximum Gasteiger partial charge on any atom is 0.234 e. The highest BCUT2D eigenvalue weighted by Gasteiger charge is 2.18. The second-order valence-corrected chi connectivity index (χ2v) is 4.90. The molecule has 4 nitrogen and oxygen atoms in total. The zero-order chi connectivity index (χ0) is 12.8. The van der Waals surface area contributed by atoms with Crippen LogP contribution in [0.25, 0.3) is 0 Å². The van der Waals surface area contributed by atoms with Crippen LogP contribution in [0.1, 0.15) is 18.4 Å². The van der Waals surface area contributed by atoms with Gasteiger partial charge in [0.15, 0.2) is 0 Å². The number of hydrogen-bond acceptors (Lipinski definition) is 3. The molecule has 1 atom stereocenters. The fourth-order valence-electron chi connectivity index (χ4n) is 2.29. The van der Waals surface area contributed by atoms with Gasteiger partial charge in [0, 0.05) is 19.1 Å². The van der Waals surface area contributed by atoms with E-state index in [1.807, 2.05) is 30.3 Å². The van der Waals surface area contributed by atoms with Crippen LogP contribution < -0.4 is 11.1 Å². The van der Waals surface area contributed by atoms with Crippen molar-refractivity contribution >= 4 is 5.91 Å². The summed E-state index contributed by atoms with van der Waals surface area (Å²) in [5.74, 6) is 0.0768. The molecule has 1 heterocycles. The van der Waals surface area contributed by atoms with Crippen molar-refractivity contribution in [3.05, 3.63) is 35.9 Å². The lowest BCUT2D eigenvalue weighted by molar-refractivity contribution is -0.122. The van der Waals surface area contributed by atoms with E-state index in [1.165, 1.54) is 0 Å². The van der Waals surface area contributed by atoms with Crippen molar-refractivity contribution in [1.82, 2.24) is 10.2 Å². The van der Waals surface area contributed by atoms with Crippen LogP contribution in [0.3, 0.4) is 0 Å². The van der Waals surface area contributed by atoms with E-state index >= 15 is 0 Å². The average Bonchev–Trinajstić information content (AvgIpc) is 2.38. The van der Waals surface area contributed by atoms with Crippen molar-refractivity contribution in [2.45, 2.75) is 25.4 Å². The Morgan fingerprint density at radius 2 is 2.17 bits per heavy atom. The molecule has 1 aromatic rings. The molecule has 0 bridgehead atoms. The molecule has 4 heteroatoms. The van der Waals surface area contributed by atoms with Gasteiger partial charge >= 0.3 is 0 Å². The van der Waals surface area contributed by atoms with Crippen LogP contribution in [-0.4, -0.2) is 36.5 Å². The highest BCUT2D eigenvalue weighted by Crippen LogP contribution is 2.07. The summed E-state index contributed by atoms with van der Waals surface area (Å²) in [6.07, 6.45) is 2.16. The van der Waals surface area contributed by atoms with Crippen molar-refractivity contribution in [1.29, 1.82) is 0 Å². The van der Waals surface area contributed by atoms with E-state index in [4.69, 9.17) is 5.73 Å². The van der Waals surface area contributed by atoms with E-state index in [-0.39, 0.29) is 11.9 Å². The largest absolute Gasteiger partial charge is 0.351 e. The van der Waals surface area contributed by atoms with E-state index in [2.05, 4.69) is 10.2 Å². The highest BCUT2D eigenvalue weighted by atomic mass is 16.2. The molecular formula is C14H21N3O. The van der Waals surface area contributed by atoms with Crippen molar-refractivity contribution in [2.24, 2.45) is 5.73 Å². The van der Waals surface area contributed by atoms with E-state index in [0.717, 1.165) is 31.5 Å². The van der Waals surface area contributed by atoms with Gasteiger partial charge in [-0.3, -0.25) is 9.69 Å². The zero-order valence-corrected chi connectivity index (χ0v) is 10.6. The molecule has 0 aromatic heterocycles. The number of nitrogens with zero attached hydrogens (tertiary/aromatic N) is 1. The number of nitrogens with one attached hydrogen (secondary N) is 1. The lowest BCUT2D eigenvalue weighted by Crippen LogP contribution is -2.46. The molecule has 0 unspecified atom stereocenters. The molecule has 1 aromatic carbocycles. The van der Waals surface area contributed by atoms with E-state index < -0.39 is 0 Å². The molecule has 0 radical (unpaired) electrons. The molecule has 98 valence electrons. The van der Waals surface area contributed by atoms with Gasteiger partial charge in [-0.15, -0.1) is 0 Å². The first-order valence-electron chi connectivity index (χ1n) is 6.52. The number of amides is 1. The lowest BCUT2D eigenvalue weighted by Gasteiger charge is -2.29. The number of piperidine rings is 1. The molecule has 1 aliphatic rings. The van der Waals surface area contributed by atoms with Crippen LogP contribution in [0, 0.1) is 0 Å². The van der Waals surface area contributed by atoms with Gasteiger partial charge in [-0.05, 0) is 24.9 Å². The second-order valence-electron chi connectivity index (χ2n) is 4.90. The van der Waals surface area contributed by atoms with Gasteiger partial charge in [0.25, 0.3) is 0 Å². The number of likely N-dealkylation sites (tertiary alicyclic amines) is 1. The van der Waals surface area contributed by atoms with Crippen LogP contribution in [0.2, 0.25) is 0 Å². The minimum Gasteiger partial charge on any atom is -0.351 e. The average molecular weight is 247 g/mol. The Kier molecular flexibility index (Phi) is 4.73. The van der Waals surface area contributed by atoms with E-state index in [9.17, 15) is 4.79 Å². The standard InChI is InChI=1S/C14H21N3O/c15-13-7-4-8-17(10-13)11-14(18)16-9-12-5-2-1-3-6-12/h1-3,5-6,13H,4,7-11,15H2,(H,16,18)/t13-/m1/s1. The highest BCUT2D eigenvalue weighted by molar-refractivity contribution is 5.78. The fraction of sp³-hybridized carbons (Fsp3) is 0.500. The number of carbonyl (C=O) groups is 1. The molecule has 1 saturated heterocycles. The van der Waals surface area contributed by atoms with Gasteiger partial charge in [0.05, 0.1) is 6.54 Å². The number of carbonyl (C=O) groups excluding carboxylic acids is 1. The first kappa shape index (κ1) is 13.1. The van der Waals surface area contributed by atoms with Crippen molar-refractivity contribution < 1.29 is 4.79 Å².